The van der Waals surface area contributed by atoms with Crippen molar-refractivity contribution in [1.82, 2.24) is 9.97 Å². The Morgan fingerprint density at radius 2 is 1.35 bits per heavy atom. The van der Waals surface area contributed by atoms with Crippen LogP contribution in [0.4, 0.5) is 28.7 Å². The van der Waals surface area contributed by atoms with Gasteiger partial charge >= 0.3 is 23.6 Å². The monoisotopic (exact) mass is 467 g/mol. The lowest BCUT2D eigenvalue weighted by Crippen LogP contribution is -2.09. The second kappa shape index (κ2) is 10.0. The summed E-state index contributed by atoms with van der Waals surface area (Å²) in [5, 5.41) is 26.3. The molecule has 3 N–H and O–H groups in total. The van der Waals surface area contributed by atoms with E-state index in [4.69, 9.17) is 5.11 Å². The summed E-state index contributed by atoms with van der Waals surface area (Å²) >= 11 is 0. The molecular formula is C21H17N5O8. The molecule has 3 aromatic rings. The quantitative estimate of drug-likeness (QED) is 0.250. The van der Waals surface area contributed by atoms with Gasteiger partial charge in [-0.1, -0.05) is 0 Å². The van der Waals surface area contributed by atoms with Crippen LogP contribution in [0.5, 0.6) is 0 Å². The van der Waals surface area contributed by atoms with Crippen LogP contribution in [-0.2, 0) is 9.47 Å². The molecule has 0 saturated carbocycles. The van der Waals surface area contributed by atoms with Crippen molar-refractivity contribution in [2.45, 2.75) is 0 Å². The summed E-state index contributed by atoms with van der Waals surface area (Å²) in [6, 6.07) is 9.39. The molecule has 0 fully saturated rings. The lowest BCUT2D eigenvalue weighted by molar-refractivity contribution is -0.383. The standard InChI is InChI=1S/C21H17N5O8/c1-33-20(29)12-7-13(21(30)34-2)9-15(8-12)25-18-16(26(31)32)17(22-10-23-18)24-14-5-3-11(4-6-14)19(27)28/h3-10H,1-2H3,(H,27,28)(H2,22,23,24,25). The van der Waals surface area contributed by atoms with Gasteiger partial charge in [-0.25, -0.2) is 24.4 Å². The van der Waals surface area contributed by atoms with E-state index in [0.717, 1.165) is 20.5 Å². The number of carboxylic acid groups (broad SMARTS) is 1. The van der Waals surface area contributed by atoms with Crippen LogP contribution in [0.2, 0.25) is 0 Å². The third kappa shape index (κ3) is 5.21. The van der Waals surface area contributed by atoms with E-state index in [1.807, 2.05) is 0 Å². The predicted octanol–water partition coefficient (Wildman–Crippen LogP) is 3.14. The Kier molecular flexibility index (Phi) is 6.96. The SMILES string of the molecule is COC(=O)c1cc(Nc2ncnc(Nc3ccc(C(=O)O)cc3)c2[N+](=O)[O-])cc(C(=O)OC)c1. The number of benzene rings is 2. The first-order valence-corrected chi connectivity index (χ1v) is 9.42. The zero-order valence-electron chi connectivity index (χ0n) is 17.8. The number of carboxylic acids is 1. The van der Waals surface area contributed by atoms with Gasteiger partial charge in [-0.15, -0.1) is 0 Å². The van der Waals surface area contributed by atoms with Crippen LogP contribution < -0.4 is 10.6 Å². The Morgan fingerprint density at radius 1 is 0.853 bits per heavy atom. The molecule has 0 amide bonds. The predicted molar refractivity (Wildman–Crippen MR) is 118 cm³/mol. The highest BCUT2D eigenvalue weighted by Crippen LogP contribution is 2.33. The van der Waals surface area contributed by atoms with Crippen molar-refractivity contribution in [3.63, 3.8) is 0 Å². The van der Waals surface area contributed by atoms with E-state index in [9.17, 15) is 24.5 Å². The molecule has 0 atom stereocenters. The van der Waals surface area contributed by atoms with Gasteiger partial charge in [-0.2, -0.15) is 0 Å². The van der Waals surface area contributed by atoms with Crippen LogP contribution >= 0.6 is 0 Å². The minimum Gasteiger partial charge on any atom is -0.478 e. The van der Waals surface area contributed by atoms with Gasteiger partial charge in [0.25, 0.3) is 0 Å². The maximum atomic E-state index is 12.0. The zero-order valence-corrected chi connectivity index (χ0v) is 17.8. The second-order valence-electron chi connectivity index (χ2n) is 6.59. The molecule has 0 aliphatic heterocycles. The number of ether oxygens (including phenoxy) is 2. The van der Waals surface area contributed by atoms with Crippen LogP contribution in [0.15, 0.2) is 48.8 Å². The number of anilines is 4. The van der Waals surface area contributed by atoms with Crippen LogP contribution in [-0.4, -0.2) is 52.1 Å². The summed E-state index contributed by atoms with van der Waals surface area (Å²) in [5.41, 5.74) is -0.0203. The molecule has 0 bridgehead atoms. The fourth-order valence-electron chi connectivity index (χ4n) is 2.88. The molecule has 1 aromatic heterocycles. The van der Waals surface area contributed by atoms with E-state index in [0.29, 0.717) is 5.69 Å². The van der Waals surface area contributed by atoms with E-state index in [2.05, 4.69) is 30.1 Å². The van der Waals surface area contributed by atoms with Crippen LogP contribution in [0, 0.1) is 10.1 Å². The average Bonchev–Trinajstić information content (AvgIpc) is 2.83. The molecule has 0 unspecified atom stereocenters. The Balaban J connectivity index is 2.01. The number of hydrogen-bond donors (Lipinski definition) is 3. The molecule has 2 aromatic carbocycles. The van der Waals surface area contributed by atoms with E-state index in [-0.39, 0.29) is 34.0 Å². The third-order valence-electron chi connectivity index (χ3n) is 4.44. The maximum absolute atomic E-state index is 12.0. The van der Waals surface area contributed by atoms with E-state index < -0.39 is 28.5 Å². The third-order valence-corrected chi connectivity index (χ3v) is 4.44. The van der Waals surface area contributed by atoms with Crippen molar-refractivity contribution in [3.05, 3.63) is 75.6 Å². The number of aromatic nitrogens is 2. The highest BCUT2D eigenvalue weighted by molar-refractivity contribution is 5.97. The molecule has 174 valence electrons. The van der Waals surface area contributed by atoms with Crippen LogP contribution in [0.1, 0.15) is 31.1 Å². The van der Waals surface area contributed by atoms with Gasteiger partial charge in [-0.05, 0) is 42.5 Å². The number of aromatic carboxylic acids is 1. The van der Waals surface area contributed by atoms with Crippen molar-refractivity contribution < 1.29 is 33.9 Å². The van der Waals surface area contributed by atoms with E-state index in [1.165, 1.54) is 42.5 Å². The highest BCUT2D eigenvalue weighted by atomic mass is 16.6. The van der Waals surface area contributed by atoms with Gasteiger partial charge in [0.15, 0.2) is 0 Å². The number of methoxy groups -OCH3 is 2. The minimum atomic E-state index is -1.12. The second-order valence-corrected chi connectivity index (χ2v) is 6.59. The lowest BCUT2D eigenvalue weighted by atomic mass is 10.1. The van der Waals surface area contributed by atoms with Gasteiger partial charge in [-0.3, -0.25) is 10.1 Å². The Morgan fingerprint density at radius 3 is 1.79 bits per heavy atom. The van der Waals surface area contributed by atoms with Crippen LogP contribution in [0.25, 0.3) is 0 Å². The Bertz CT molecular complexity index is 1240. The molecule has 1 heterocycles. The molecule has 3 rings (SSSR count). The van der Waals surface area contributed by atoms with Gasteiger partial charge < -0.3 is 25.2 Å². The highest BCUT2D eigenvalue weighted by Gasteiger charge is 2.24. The van der Waals surface area contributed by atoms with E-state index >= 15 is 0 Å². The molecule has 0 spiro atoms. The van der Waals surface area contributed by atoms with Crippen molar-refractivity contribution in [1.29, 1.82) is 0 Å². The summed E-state index contributed by atoms with van der Waals surface area (Å²) in [6.07, 6.45) is 1.06. The number of carbonyl (C=O) groups excluding carboxylic acids is 2. The molecule has 0 radical (unpaired) electrons. The first-order chi connectivity index (χ1) is 16.2. The largest absolute Gasteiger partial charge is 0.478 e. The topological polar surface area (TPSA) is 183 Å². The summed E-state index contributed by atoms with van der Waals surface area (Å²) in [7, 11) is 2.33. The summed E-state index contributed by atoms with van der Waals surface area (Å²) in [4.78, 5) is 53.9. The van der Waals surface area contributed by atoms with E-state index in [1.54, 1.807) is 0 Å². The number of nitrogens with zero attached hydrogens (tertiary/aromatic N) is 3. The fourth-order valence-corrected chi connectivity index (χ4v) is 2.88. The molecular weight excluding hydrogens is 450 g/mol. The molecule has 0 saturated heterocycles. The lowest BCUT2D eigenvalue weighted by Gasteiger charge is -2.12. The first kappa shape index (κ1) is 23.6. The number of rotatable bonds is 8. The van der Waals surface area contributed by atoms with Crippen molar-refractivity contribution >= 4 is 46.6 Å². The van der Waals surface area contributed by atoms with Crippen molar-refractivity contribution in [2.75, 3.05) is 24.9 Å². The Hall–Kier alpha value is -5.07. The smallest absolute Gasteiger partial charge is 0.353 e. The molecule has 13 heteroatoms. The molecule has 0 aliphatic carbocycles. The number of esters is 2. The van der Waals surface area contributed by atoms with Crippen LogP contribution in [0.3, 0.4) is 0 Å². The maximum Gasteiger partial charge on any atom is 0.353 e. The first-order valence-electron chi connectivity index (χ1n) is 9.42. The number of hydrogen-bond acceptors (Lipinski definition) is 11. The summed E-state index contributed by atoms with van der Waals surface area (Å²) < 4.78 is 9.36. The summed E-state index contributed by atoms with van der Waals surface area (Å²) in [5.74, 6) is -3.01. The molecule has 13 nitrogen and oxygen atoms in total. The van der Waals surface area contributed by atoms with Crippen molar-refractivity contribution in [3.8, 4) is 0 Å². The average molecular weight is 467 g/mol. The number of carbonyl (C=O) groups is 3. The van der Waals surface area contributed by atoms with Gasteiger partial charge in [0.05, 0.1) is 35.8 Å². The number of nitro groups is 1. The zero-order chi connectivity index (χ0) is 24.8. The van der Waals surface area contributed by atoms with Crippen molar-refractivity contribution in [2.24, 2.45) is 0 Å². The van der Waals surface area contributed by atoms with Gasteiger partial charge in [0, 0.05) is 11.4 Å². The Labute approximate surface area is 191 Å². The minimum absolute atomic E-state index is 0.00137. The van der Waals surface area contributed by atoms with Gasteiger partial charge in [0.1, 0.15) is 6.33 Å². The normalized spacial score (nSPS) is 10.2. The molecule has 0 aliphatic rings. The summed E-state index contributed by atoms with van der Waals surface area (Å²) in [6.45, 7) is 0. The molecule has 34 heavy (non-hydrogen) atoms. The fraction of sp³-hybridized carbons (Fsp3) is 0.0952. The number of nitrogens with one attached hydrogen (secondary N) is 2. The van der Waals surface area contributed by atoms with Gasteiger partial charge in [0.2, 0.25) is 11.6 Å².